The summed E-state index contributed by atoms with van der Waals surface area (Å²) in [7, 11) is 0. The number of pyridine rings is 1. The van der Waals surface area contributed by atoms with Crippen LogP contribution in [0.3, 0.4) is 0 Å². The topological polar surface area (TPSA) is 54.9 Å². The van der Waals surface area contributed by atoms with Gasteiger partial charge in [-0.2, -0.15) is 0 Å². The summed E-state index contributed by atoms with van der Waals surface area (Å²) in [5.41, 5.74) is 1.82. The van der Waals surface area contributed by atoms with Crippen LogP contribution in [0.25, 0.3) is 11.3 Å². The lowest BCUT2D eigenvalue weighted by atomic mass is 10.2. The highest BCUT2D eigenvalue weighted by Gasteiger charge is 2.12. The highest BCUT2D eigenvalue weighted by atomic mass is 35.5. The van der Waals surface area contributed by atoms with E-state index in [9.17, 15) is 4.79 Å². The van der Waals surface area contributed by atoms with E-state index in [1.165, 1.54) is 17.5 Å². The molecule has 1 amide bonds. The lowest BCUT2D eigenvalue weighted by Crippen LogP contribution is -2.11. The minimum atomic E-state index is -0.308. The molecule has 0 aliphatic carbocycles. The van der Waals surface area contributed by atoms with E-state index in [-0.39, 0.29) is 5.91 Å². The van der Waals surface area contributed by atoms with E-state index in [2.05, 4.69) is 15.3 Å². The number of carbonyl (C=O) groups excluding carboxylic acids is 1. The summed E-state index contributed by atoms with van der Waals surface area (Å²) < 4.78 is 0. The molecule has 4 nitrogen and oxygen atoms in total. The number of nitrogens with zero attached hydrogens (tertiary/aromatic N) is 2. The molecule has 8 heteroatoms. The molecule has 3 rings (SSSR count). The van der Waals surface area contributed by atoms with Gasteiger partial charge in [-0.15, -0.1) is 11.3 Å². The molecular weight excluding hydrogens is 377 g/mol. The summed E-state index contributed by atoms with van der Waals surface area (Å²) in [5.74, 6) is -0.308. The number of benzene rings is 1. The Morgan fingerprint density at radius 2 is 1.96 bits per heavy atom. The van der Waals surface area contributed by atoms with Crippen molar-refractivity contribution >= 4 is 57.2 Å². The number of carbonyl (C=O) groups is 1. The van der Waals surface area contributed by atoms with Crippen LogP contribution in [0.4, 0.5) is 5.13 Å². The molecule has 0 saturated carbocycles. The van der Waals surface area contributed by atoms with Crippen LogP contribution in [-0.4, -0.2) is 15.9 Å². The lowest BCUT2D eigenvalue weighted by molar-refractivity contribution is 0.102. The Hall–Kier alpha value is -1.66. The average Bonchev–Trinajstić information content (AvgIpc) is 2.96. The monoisotopic (exact) mass is 383 g/mol. The molecule has 1 N–H and O–H groups in total. The van der Waals surface area contributed by atoms with Crippen LogP contribution < -0.4 is 5.32 Å². The van der Waals surface area contributed by atoms with Crippen molar-refractivity contribution < 1.29 is 4.79 Å². The van der Waals surface area contributed by atoms with Crippen molar-refractivity contribution in [3.8, 4) is 11.3 Å². The zero-order valence-electron chi connectivity index (χ0n) is 11.4. The summed E-state index contributed by atoms with van der Waals surface area (Å²) >= 11 is 19.0. The molecule has 0 saturated heterocycles. The van der Waals surface area contributed by atoms with Crippen LogP contribution in [0, 0.1) is 0 Å². The third kappa shape index (κ3) is 3.82. The van der Waals surface area contributed by atoms with E-state index >= 15 is 0 Å². The minimum Gasteiger partial charge on any atom is -0.298 e. The smallest absolute Gasteiger partial charge is 0.259 e. The first-order chi connectivity index (χ1) is 11.0. The van der Waals surface area contributed by atoms with Gasteiger partial charge < -0.3 is 0 Å². The highest BCUT2D eigenvalue weighted by molar-refractivity contribution is 7.14. The van der Waals surface area contributed by atoms with Crippen LogP contribution >= 0.6 is 46.1 Å². The number of halogens is 3. The first-order valence-electron chi connectivity index (χ1n) is 6.37. The minimum absolute atomic E-state index is 0.308. The predicted octanol–water partition coefficient (Wildman–Crippen LogP) is 5.42. The number of hydrogen-bond donors (Lipinski definition) is 1. The third-order valence-corrected chi connectivity index (χ3v) is 4.45. The number of thiazole rings is 1. The van der Waals surface area contributed by atoms with Gasteiger partial charge in [0, 0.05) is 22.2 Å². The van der Waals surface area contributed by atoms with Crippen LogP contribution in [0.5, 0.6) is 0 Å². The van der Waals surface area contributed by atoms with E-state index in [0.29, 0.717) is 31.6 Å². The number of anilines is 1. The number of hydrogen-bond acceptors (Lipinski definition) is 4. The zero-order valence-corrected chi connectivity index (χ0v) is 14.5. The fourth-order valence-electron chi connectivity index (χ4n) is 1.83. The second-order valence-electron chi connectivity index (χ2n) is 4.49. The van der Waals surface area contributed by atoms with E-state index in [0.717, 1.165) is 5.56 Å². The van der Waals surface area contributed by atoms with E-state index in [1.807, 2.05) is 5.38 Å². The van der Waals surface area contributed by atoms with E-state index in [4.69, 9.17) is 34.8 Å². The summed E-state index contributed by atoms with van der Waals surface area (Å²) in [5, 5.41) is 6.37. The van der Waals surface area contributed by atoms with Crippen molar-refractivity contribution in [2.75, 3.05) is 5.32 Å². The standard InChI is InChI=1S/C15H8Cl3N3OS/c16-9-2-3-10(11(17)5-9)12-7-23-15(20-12)21-14(22)8-1-4-13(18)19-6-8/h1-7H,(H,20,21,22). The van der Waals surface area contributed by atoms with Crippen molar-refractivity contribution in [3.05, 3.63) is 62.7 Å². The average molecular weight is 385 g/mol. The Morgan fingerprint density at radius 1 is 1.13 bits per heavy atom. The molecule has 23 heavy (non-hydrogen) atoms. The number of aromatic nitrogens is 2. The zero-order chi connectivity index (χ0) is 16.4. The molecule has 0 fully saturated rings. The Balaban J connectivity index is 1.79. The van der Waals surface area contributed by atoms with Gasteiger partial charge in [0.1, 0.15) is 5.15 Å². The second-order valence-corrected chi connectivity index (χ2v) is 6.57. The number of amides is 1. The number of nitrogens with one attached hydrogen (secondary N) is 1. The van der Waals surface area contributed by atoms with Crippen molar-refractivity contribution in [2.45, 2.75) is 0 Å². The third-order valence-electron chi connectivity index (χ3n) is 2.92. The normalized spacial score (nSPS) is 10.6. The SMILES string of the molecule is O=C(Nc1nc(-c2ccc(Cl)cc2Cl)cs1)c1ccc(Cl)nc1. The van der Waals surface area contributed by atoms with Gasteiger partial charge in [0.2, 0.25) is 0 Å². The Kier molecular flexibility index (Phi) is 4.82. The van der Waals surface area contributed by atoms with Crippen molar-refractivity contribution in [3.63, 3.8) is 0 Å². The van der Waals surface area contributed by atoms with E-state index < -0.39 is 0 Å². The van der Waals surface area contributed by atoms with Crippen molar-refractivity contribution in [1.82, 2.24) is 9.97 Å². The molecule has 0 spiro atoms. The van der Waals surface area contributed by atoms with Gasteiger partial charge in [-0.1, -0.05) is 34.8 Å². The predicted molar refractivity (Wildman–Crippen MR) is 94.8 cm³/mol. The molecular formula is C15H8Cl3N3OS. The maximum Gasteiger partial charge on any atom is 0.259 e. The van der Waals surface area contributed by atoms with Crippen LogP contribution in [0.15, 0.2) is 41.9 Å². The largest absolute Gasteiger partial charge is 0.298 e. The van der Waals surface area contributed by atoms with Crippen molar-refractivity contribution in [2.24, 2.45) is 0 Å². The molecule has 2 aromatic heterocycles. The summed E-state index contributed by atoms with van der Waals surface area (Å²) in [6, 6.07) is 8.32. The summed E-state index contributed by atoms with van der Waals surface area (Å²) in [6.45, 7) is 0. The molecule has 0 atom stereocenters. The Morgan fingerprint density at radius 3 is 2.65 bits per heavy atom. The van der Waals surface area contributed by atoms with Gasteiger partial charge in [0.25, 0.3) is 5.91 Å². The van der Waals surface area contributed by atoms with E-state index in [1.54, 1.807) is 30.3 Å². The maximum atomic E-state index is 12.1. The first-order valence-corrected chi connectivity index (χ1v) is 8.38. The molecule has 3 aromatic rings. The fraction of sp³-hybridized carbons (Fsp3) is 0. The van der Waals surface area contributed by atoms with Crippen LogP contribution in [0.2, 0.25) is 15.2 Å². The molecule has 0 aliphatic rings. The van der Waals surface area contributed by atoms with Gasteiger partial charge in [-0.05, 0) is 30.3 Å². The molecule has 0 radical (unpaired) electrons. The Bertz CT molecular complexity index is 865. The lowest BCUT2D eigenvalue weighted by Gasteiger charge is -2.02. The molecule has 116 valence electrons. The molecule has 0 bridgehead atoms. The van der Waals surface area contributed by atoms with Gasteiger partial charge in [-0.3, -0.25) is 10.1 Å². The number of rotatable bonds is 3. The summed E-state index contributed by atoms with van der Waals surface area (Å²) in [4.78, 5) is 20.4. The van der Waals surface area contributed by atoms with Gasteiger partial charge in [0.15, 0.2) is 5.13 Å². The maximum absolute atomic E-state index is 12.1. The second kappa shape index (κ2) is 6.84. The molecule has 0 unspecified atom stereocenters. The van der Waals surface area contributed by atoms with Crippen LogP contribution in [-0.2, 0) is 0 Å². The van der Waals surface area contributed by atoms with Gasteiger partial charge in [-0.25, -0.2) is 9.97 Å². The fourth-order valence-corrected chi connectivity index (χ4v) is 3.15. The van der Waals surface area contributed by atoms with Crippen LogP contribution in [0.1, 0.15) is 10.4 Å². The van der Waals surface area contributed by atoms with Gasteiger partial charge in [0.05, 0.1) is 16.3 Å². The molecule has 2 heterocycles. The molecule has 0 aliphatic heterocycles. The Labute approximate surface area is 151 Å². The van der Waals surface area contributed by atoms with Crippen molar-refractivity contribution in [1.29, 1.82) is 0 Å². The highest BCUT2D eigenvalue weighted by Crippen LogP contribution is 2.32. The first kappa shape index (κ1) is 16.2. The quantitative estimate of drug-likeness (QED) is 0.614. The molecule has 1 aromatic carbocycles. The van der Waals surface area contributed by atoms with Gasteiger partial charge >= 0.3 is 0 Å². The summed E-state index contributed by atoms with van der Waals surface area (Å²) in [6.07, 6.45) is 1.41.